The molecule has 0 aliphatic rings. The van der Waals surface area contributed by atoms with Gasteiger partial charge in [0.1, 0.15) is 0 Å². The highest BCUT2D eigenvalue weighted by atomic mass is 14.2. The lowest BCUT2D eigenvalue weighted by Gasteiger charge is -2.24. The zero-order chi connectivity index (χ0) is 14.1. The Hall–Kier alpha value is -0.960. The highest BCUT2D eigenvalue weighted by Gasteiger charge is 2.15. The summed E-state index contributed by atoms with van der Waals surface area (Å²) in [4.78, 5) is 0. The van der Waals surface area contributed by atoms with Crippen molar-refractivity contribution in [1.82, 2.24) is 0 Å². The topological polar surface area (TPSA) is 0 Å². The van der Waals surface area contributed by atoms with E-state index in [0.29, 0.717) is 5.41 Å². The summed E-state index contributed by atoms with van der Waals surface area (Å²) in [5.41, 5.74) is 2.15. The molecule has 0 atom stereocenters. The minimum atomic E-state index is 0. The molecule has 0 unspecified atom stereocenters. The maximum absolute atomic E-state index is 4.66. The number of allylic oxidation sites excluding steroid dienone is 2. The summed E-state index contributed by atoms with van der Waals surface area (Å²) in [5, 5.41) is 0. The van der Waals surface area contributed by atoms with Crippen LogP contribution in [0, 0.1) is 23.2 Å². The fourth-order valence-corrected chi connectivity index (χ4v) is 1.21. The Morgan fingerprint density at radius 1 is 1.17 bits per heavy atom. The molecule has 0 aromatic carbocycles. The molecular formula is C18H34. The minimum absolute atomic E-state index is 0. The van der Waals surface area contributed by atoms with Crippen LogP contribution in [0.15, 0.2) is 24.8 Å². The molecule has 0 saturated heterocycles. The van der Waals surface area contributed by atoms with Crippen molar-refractivity contribution in [2.24, 2.45) is 10.8 Å². The van der Waals surface area contributed by atoms with E-state index >= 15 is 0 Å². The molecule has 0 heterocycles. The Kier molecular flexibility index (Phi) is 12.4. The van der Waals surface area contributed by atoms with Crippen LogP contribution in [0.4, 0.5) is 0 Å². The van der Waals surface area contributed by atoms with Gasteiger partial charge in [-0.1, -0.05) is 73.6 Å². The highest BCUT2D eigenvalue weighted by molar-refractivity contribution is 5.04. The van der Waals surface area contributed by atoms with E-state index in [2.05, 4.69) is 67.0 Å². The molecule has 0 aromatic rings. The smallest absolute Gasteiger partial charge is 0.0176 e. The monoisotopic (exact) mass is 250 g/mol. The van der Waals surface area contributed by atoms with E-state index in [0.717, 1.165) is 0 Å². The molecule has 0 bridgehead atoms. The average Bonchev–Trinajstić information content (AvgIpc) is 2.14. The van der Waals surface area contributed by atoms with E-state index in [1.807, 2.05) is 0 Å². The molecule has 0 aliphatic carbocycles. The summed E-state index contributed by atoms with van der Waals surface area (Å²) in [6.07, 6.45) is 9.81. The third-order valence-electron chi connectivity index (χ3n) is 2.58. The minimum Gasteiger partial charge on any atom is -0.115 e. The summed E-state index contributed by atoms with van der Waals surface area (Å²) in [5.74, 6) is 2.19. The van der Waals surface area contributed by atoms with E-state index < -0.39 is 0 Å². The first kappa shape index (κ1) is 22.2. The largest absolute Gasteiger partial charge is 0.115 e. The lowest BCUT2D eigenvalue weighted by molar-refractivity contribution is 0.357. The van der Waals surface area contributed by atoms with E-state index in [4.69, 9.17) is 0 Å². The van der Waals surface area contributed by atoms with Crippen LogP contribution >= 0.6 is 0 Å². The SMILES string of the molecule is C.C#CC=C.C=C(CCCC(C)(C)C)C(C)(C)C. The molecule has 0 fully saturated rings. The first-order valence-corrected chi connectivity index (χ1v) is 6.30. The van der Waals surface area contributed by atoms with Gasteiger partial charge in [0.15, 0.2) is 0 Å². The third-order valence-corrected chi connectivity index (χ3v) is 2.58. The lowest BCUT2D eigenvalue weighted by atomic mass is 9.82. The van der Waals surface area contributed by atoms with Crippen molar-refractivity contribution in [3.63, 3.8) is 0 Å². The van der Waals surface area contributed by atoms with Crippen molar-refractivity contribution in [1.29, 1.82) is 0 Å². The molecule has 0 radical (unpaired) electrons. The van der Waals surface area contributed by atoms with Gasteiger partial charge >= 0.3 is 0 Å². The zero-order valence-corrected chi connectivity index (χ0v) is 12.7. The Bertz CT molecular complexity index is 260. The van der Waals surface area contributed by atoms with Gasteiger partial charge in [-0.15, -0.1) is 6.42 Å². The fourth-order valence-electron chi connectivity index (χ4n) is 1.21. The quantitative estimate of drug-likeness (QED) is 0.410. The van der Waals surface area contributed by atoms with E-state index in [1.165, 1.54) is 30.9 Å². The summed E-state index contributed by atoms with van der Waals surface area (Å²) >= 11 is 0. The van der Waals surface area contributed by atoms with Crippen LogP contribution in [-0.4, -0.2) is 0 Å². The van der Waals surface area contributed by atoms with Crippen LogP contribution in [0.5, 0.6) is 0 Å². The second-order valence-corrected chi connectivity index (χ2v) is 6.64. The summed E-state index contributed by atoms with van der Waals surface area (Å²) in [7, 11) is 0. The van der Waals surface area contributed by atoms with Gasteiger partial charge in [0.25, 0.3) is 0 Å². The van der Waals surface area contributed by atoms with Crippen LogP contribution in [0.1, 0.15) is 68.2 Å². The summed E-state index contributed by atoms with van der Waals surface area (Å²) in [6, 6.07) is 0. The van der Waals surface area contributed by atoms with Crippen LogP contribution in [0.25, 0.3) is 0 Å². The van der Waals surface area contributed by atoms with Gasteiger partial charge < -0.3 is 0 Å². The normalized spacial score (nSPS) is 10.3. The average molecular weight is 250 g/mol. The number of rotatable bonds is 3. The van der Waals surface area contributed by atoms with Gasteiger partial charge in [-0.3, -0.25) is 0 Å². The van der Waals surface area contributed by atoms with Gasteiger partial charge in [-0.25, -0.2) is 0 Å². The molecule has 0 N–H and O–H groups in total. The van der Waals surface area contributed by atoms with Crippen molar-refractivity contribution in [2.45, 2.75) is 68.2 Å². The standard InChI is InChI=1S/C13H26.C4H4.CH4/c1-11(13(5,6)7)9-8-10-12(2,3)4;1-3-4-2;/h1,8-10H2,2-7H3;1,4H,2H2;1H4. The van der Waals surface area contributed by atoms with Crippen molar-refractivity contribution in [3.8, 4) is 12.3 Å². The maximum atomic E-state index is 4.66. The van der Waals surface area contributed by atoms with E-state index in [-0.39, 0.29) is 12.8 Å². The predicted octanol–water partition coefficient (Wildman–Crippen LogP) is 6.25. The Morgan fingerprint density at radius 3 is 1.78 bits per heavy atom. The Labute approximate surface area is 117 Å². The van der Waals surface area contributed by atoms with E-state index in [1.54, 1.807) is 0 Å². The molecule has 0 amide bonds. The second-order valence-electron chi connectivity index (χ2n) is 6.64. The molecule has 0 aliphatic heterocycles. The van der Waals surface area contributed by atoms with Gasteiger partial charge in [0.2, 0.25) is 0 Å². The molecule has 106 valence electrons. The molecule has 0 saturated carbocycles. The van der Waals surface area contributed by atoms with Gasteiger partial charge in [0.05, 0.1) is 0 Å². The fraction of sp³-hybridized carbons (Fsp3) is 0.667. The second kappa shape index (κ2) is 10.0. The van der Waals surface area contributed by atoms with Crippen LogP contribution in [0.3, 0.4) is 0 Å². The molecule has 0 rings (SSSR count). The Balaban J connectivity index is -0.000000392. The molecule has 0 nitrogen and oxygen atoms in total. The predicted molar refractivity (Wildman–Crippen MR) is 87.7 cm³/mol. The lowest BCUT2D eigenvalue weighted by Crippen LogP contribution is -2.10. The number of terminal acetylenes is 1. The van der Waals surface area contributed by atoms with E-state index in [9.17, 15) is 0 Å². The van der Waals surface area contributed by atoms with Crippen molar-refractivity contribution in [2.75, 3.05) is 0 Å². The summed E-state index contributed by atoms with van der Waals surface area (Å²) in [6.45, 7) is 21.0. The first-order chi connectivity index (χ1) is 7.54. The van der Waals surface area contributed by atoms with Crippen LogP contribution in [-0.2, 0) is 0 Å². The zero-order valence-electron chi connectivity index (χ0n) is 12.7. The Morgan fingerprint density at radius 2 is 1.56 bits per heavy atom. The molecule has 0 heteroatoms. The van der Waals surface area contributed by atoms with Gasteiger partial charge in [0, 0.05) is 0 Å². The molecule has 18 heavy (non-hydrogen) atoms. The van der Waals surface area contributed by atoms with Gasteiger partial charge in [-0.2, -0.15) is 0 Å². The third kappa shape index (κ3) is 17.4. The van der Waals surface area contributed by atoms with Crippen LogP contribution in [0.2, 0.25) is 0 Å². The first-order valence-electron chi connectivity index (χ1n) is 6.30. The highest BCUT2D eigenvalue weighted by Crippen LogP contribution is 2.30. The van der Waals surface area contributed by atoms with Crippen LogP contribution < -0.4 is 0 Å². The molecule has 0 aromatic heterocycles. The van der Waals surface area contributed by atoms with Crippen molar-refractivity contribution >= 4 is 0 Å². The molecular weight excluding hydrogens is 216 g/mol. The number of hydrogen-bond donors (Lipinski definition) is 0. The summed E-state index contributed by atoms with van der Waals surface area (Å²) < 4.78 is 0. The number of hydrogen-bond acceptors (Lipinski definition) is 0. The molecule has 0 spiro atoms. The van der Waals surface area contributed by atoms with Crippen molar-refractivity contribution in [3.05, 3.63) is 24.8 Å². The maximum Gasteiger partial charge on any atom is -0.0176 e. The van der Waals surface area contributed by atoms with Gasteiger partial charge in [-0.05, 0) is 36.2 Å². The van der Waals surface area contributed by atoms with Crippen molar-refractivity contribution < 1.29 is 0 Å².